The van der Waals surface area contributed by atoms with E-state index in [-0.39, 0.29) is 10.9 Å². The summed E-state index contributed by atoms with van der Waals surface area (Å²) >= 11 is 0. The van der Waals surface area contributed by atoms with E-state index in [0.29, 0.717) is 6.42 Å². The molecule has 1 rings (SSSR count). The summed E-state index contributed by atoms with van der Waals surface area (Å²) in [4.78, 5) is 24.5. The summed E-state index contributed by atoms with van der Waals surface area (Å²) in [5.41, 5.74) is 0. The van der Waals surface area contributed by atoms with Crippen molar-refractivity contribution < 1.29 is 23.1 Å². The van der Waals surface area contributed by atoms with Crippen LogP contribution in [0.15, 0.2) is 35.2 Å². The van der Waals surface area contributed by atoms with Crippen LogP contribution in [0, 0.1) is 0 Å². The van der Waals surface area contributed by atoms with E-state index in [1.165, 1.54) is 24.1 Å². The van der Waals surface area contributed by atoms with Crippen molar-refractivity contribution in [3.8, 4) is 0 Å². The maximum absolute atomic E-state index is 12.4. The highest BCUT2D eigenvalue weighted by atomic mass is 32.2. The number of sulfonamides is 1. The number of carbonyl (C=O) groups excluding carboxylic acids is 1. The first kappa shape index (κ1) is 19.1. The fourth-order valence-electron chi connectivity index (χ4n) is 1.99. The molecule has 0 saturated heterocycles. The van der Waals surface area contributed by atoms with Gasteiger partial charge in [0, 0.05) is 13.1 Å². The second-order valence-corrected chi connectivity index (χ2v) is 7.29. The van der Waals surface area contributed by atoms with E-state index in [4.69, 9.17) is 5.11 Å². The quantitative estimate of drug-likeness (QED) is 0.761. The van der Waals surface area contributed by atoms with Gasteiger partial charge in [-0.1, -0.05) is 25.1 Å². The molecule has 0 spiro atoms. The van der Waals surface area contributed by atoms with Crippen molar-refractivity contribution in [1.82, 2.24) is 9.21 Å². The van der Waals surface area contributed by atoms with E-state index in [1.807, 2.05) is 6.92 Å². The van der Waals surface area contributed by atoms with Gasteiger partial charge in [0.25, 0.3) is 0 Å². The molecule has 0 aromatic heterocycles. The van der Waals surface area contributed by atoms with Gasteiger partial charge in [-0.25, -0.2) is 8.42 Å². The second kappa shape index (κ2) is 8.07. The van der Waals surface area contributed by atoms with Crippen LogP contribution in [0.25, 0.3) is 0 Å². The number of carboxylic acid groups (broad SMARTS) is 1. The monoisotopic (exact) mass is 342 g/mol. The van der Waals surface area contributed by atoms with Crippen LogP contribution in [-0.4, -0.2) is 60.8 Å². The van der Waals surface area contributed by atoms with Gasteiger partial charge in [-0.3, -0.25) is 9.59 Å². The SMILES string of the molecule is CCC(C)N(CC(=O)O)C(=O)CN(C)S(=O)(=O)c1ccccc1. The van der Waals surface area contributed by atoms with Gasteiger partial charge in [0.2, 0.25) is 15.9 Å². The molecular formula is C15H22N2O5S. The molecule has 1 unspecified atom stereocenters. The molecule has 8 heteroatoms. The van der Waals surface area contributed by atoms with Crippen LogP contribution in [0.4, 0.5) is 0 Å². The Balaban J connectivity index is 2.91. The zero-order valence-electron chi connectivity index (χ0n) is 13.5. The summed E-state index contributed by atoms with van der Waals surface area (Å²) in [6.45, 7) is 2.70. The number of aliphatic carboxylic acids is 1. The number of rotatable bonds is 8. The summed E-state index contributed by atoms with van der Waals surface area (Å²) < 4.78 is 25.7. The van der Waals surface area contributed by atoms with Crippen LogP contribution in [0.5, 0.6) is 0 Å². The van der Waals surface area contributed by atoms with Gasteiger partial charge in [0.05, 0.1) is 11.4 Å². The lowest BCUT2D eigenvalue weighted by Crippen LogP contribution is -2.47. The van der Waals surface area contributed by atoms with Gasteiger partial charge in [-0.05, 0) is 25.5 Å². The minimum absolute atomic E-state index is 0.0867. The van der Waals surface area contributed by atoms with Gasteiger partial charge in [0.1, 0.15) is 6.54 Å². The average Bonchev–Trinajstić information content (AvgIpc) is 2.52. The maximum atomic E-state index is 12.4. The predicted octanol–water partition coefficient (Wildman–Crippen LogP) is 1.02. The Morgan fingerprint density at radius 3 is 2.22 bits per heavy atom. The normalized spacial score (nSPS) is 12.9. The van der Waals surface area contributed by atoms with Crippen molar-refractivity contribution in [2.45, 2.75) is 31.2 Å². The number of benzene rings is 1. The molecule has 1 aromatic rings. The molecule has 7 nitrogen and oxygen atoms in total. The third kappa shape index (κ3) is 5.04. The number of carbonyl (C=O) groups is 2. The second-order valence-electron chi connectivity index (χ2n) is 5.25. The molecule has 1 amide bonds. The summed E-state index contributed by atoms with van der Waals surface area (Å²) in [6, 6.07) is 7.49. The number of likely N-dealkylation sites (N-methyl/N-ethyl adjacent to an activating group) is 1. The number of nitrogens with zero attached hydrogens (tertiary/aromatic N) is 2. The standard InChI is InChI=1S/C15H22N2O5S/c1-4-12(2)17(11-15(19)20)14(18)10-16(3)23(21,22)13-8-6-5-7-9-13/h5-9,12H,4,10-11H2,1-3H3,(H,19,20). The van der Waals surface area contributed by atoms with Crippen LogP contribution < -0.4 is 0 Å². The molecular weight excluding hydrogens is 320 g/mol. The van der Waals surface area contributed by atoms with Gasteiger partial charge in [-0.2, -0.15) is 4.31 Å². The Labute approximate surface area is 136 Å². The fourth-order valence-corrected chi connectivity index (χ4v) is 3.14. The zero-order valence-corrected chi connectivity index (χ0v) is 14.3. The molecule has 1 N–H and O–H groups in total. The van der Waals surface area contributed by atoms with Crippen LogP contribution in [-0.2, 0) is 19.6 Å². The highest BCUT2D eigenvalue weighted by molar-refractivity contribution is 7.89. The van der Waals surface area contributed by atoms with Crippen molar-refractivity contribution >= 4 is 21.9 Å². The van der Waals surface area contributed by atoms with Crippen molar-refractivity contribution in [2.75, 3.05) is 20.1 Å². The summed E-state index contributed by atoms with van der Waals surface area (Å²) in [6.07, 6.45) is 0.578. The molecule has 0 aliphatic heterocycles. The van der Waals surface area contributed by atoms with Crippen LogP contribution in [0.2, 0.25) is 0 Å². The maximum Gasteiger partial charge on any atom is 0.323 e. The third-order valence-corrected chi connectivity index (χ3v) is 5.38. The molecule has 23 heavy (non-hydrogen) atoms. The van der Waals surface area contributed by atoms with Crippen molar-refractivity contribution in [1.29, 1.82) is 0 Å². The van der Waals surface area contributed by atoms with Crippen LogP contribution in [0.3, 0.4) is 0 Å². The Kier molecular flexibility index (Phi) is 6.71. The van der Waals surface area contributed by atoms with E-state index in [1.54, 1.807) is 25.1 Å². The smallest absolute Gasteiger partial charge is 0.323 e. The Hall–Kier alpha value is -1.93. The van der Waals surface area contributed by atoms with Crippen molar-refractivity contribution in [3.05, 3.63) is 30.3 Å². The van der Waals surface area contributed by atoms with Crippen molar-refractivity contribution in [3.63, 3.8) is 0 Å². The third-order valence-electron chi connectivity index (χ3n) is 3.56. The summed E-state index contributed by atoms with van der Waals surface area (Å²) in [7, 11) is -2.49. The lowest BCUT2D eigenvalue weighted by Gasteiger charge is -2.28. The number of hydrogen-bond donors (Lipinski definition) is 1. The highest BCUT2D eigenvalue weighted by Gasteiger charge is 2.27. The summed E-state index contributed by atoms with van der Waals surface area (Å²) in [5, 5.41) is 8.92. The van der Waals surface area contributed by atoms with Crippen molar-refractivity contribution in [2.24, 2.45) is 0 Å². The van der Waals surface area contributed by atoms with E-state index < -0.39 is 35.0 Å². The molecule has 0 bridgehead atoms. The average molecular weight is 342 g/mol. The highest BCUT2D eigenvalue weighted by Crippen LogP contribution is 2.14. The van der Waals surface area contributed by atoms with Crippen LogP contribution in [0.1, 0.15) is 20.3 Å². The Morgan fingerprint density at radius 1 is 1.17 bits per heavy atom. The molecule has 1 atom stereocenters. The number of carboxylic acids is 1. The Morgan fingerprint density at radius 2 is 1.74 bits per heavy atom. The molecule has 0 saturated carbocycles. The molecule has 128 valence electrons. The minimum atomic E-state index is -3.79. The van der Waals surface area contributed by atoms with Gasteiger partial charge in [-0.15, -0.1) is 0 Å². The number of amides is 1. The summed E-state index contributed by atoms with van der Waals surface area (Å²) in [5.74, 6) is -1.67. The molecule has 1 aromatic carbocycles. The molecule has 0 aliphatic rings. The lowest BCUT2D eigenvalue weighted by molar-refractivity contribution is -0.146. The first-order chi connectivity index (χ1) is 10.7. The largest absolute Gasteiger partial charge is 0.480 e. The number of hydrogen-bond acceptors (Lipinski definition) is 4. The topological polar surface area (TPSA) is 95.0 Å². The fraction of sp³-hybridized carbons (Fsp3) is 0.467. The molecule has 0 heterocycles. The lowest BCUT2D eigenvalue weighted by atomic mass is 10.2. The predicted molar refractivity (Wildman–Crippen MR) is 85.4 cm³/mol. The zero-order chi connectivity index (χ0) is 17.6. The minimum Gasteiger partial charge on any atom is -0.480 e. The Bertz CT molecular complexity index is 645. The van der Waals surface area contributed by atoms with Gasteiger partial charge >= 0.3 is 5.97 Å². The van der Waals surface area contributed by atoms with E-state index >= 15 is 0 Å². The first-order valence-electron chi connectivity index (χ1n) is 7.22. The molecule has 0 fully saturated rings. The molecule has 0 radical (unpaired) electrons. The molecule has 0 aliphatic carbocycles. The van der Waals surface area contributed by atoms with E-state index in [0.717, 1.165) is 4.31 Å². The van der Waals surface area contributed by atoms with E-state index in [2.05, 4.69) is 0 Å². The van der Waals surface area contributed by atoms with Gasteiger partial charge in [0.15, 0.2) is 0 Å². The van der Waals surface area contributed by atoms with Crippen LogP contribution >= 0.6 is 0 Å². The first-order valence-corrected chi connectivity index (χ1v) is 8.66. The van der Waals surface area contributed by atoms with Gasteiger partial charge < -0.3 is 10.0 Å². The van der Waals surface area contributed by atoms with E-state index in [9.17, 15) is 18.0 Å².